The molecule has 3 heterocycles. The Balaban J connectivity index is 1.45. The lowest BCUT2D eigenvalue weighted by Gasteiger charge is -2.36. The predicted octanol–water partition coefficient (Wildman–Crippen LogP) is 1.36. The third-order valence-corrected chi connectivity index (χ3v) is 5.38. The van der Waals surface area contributed by atoms with Crippen molar-refractivity contribution >= 4 is 11.7 Å². The molecule has 0 aromatic carbocycles. The Kier molecular flexibility index (Phi) is 5.59. The number of aliphatic hydroxyl groups is 1. The quantitative estimate of drug-likeness (QED) is 0.872. The molecule has 1 amide bonds. The van der Waals surface area contributed by atoms with Gasteiger partial charge < -0.3 is 14.9 Å². The van der Waals surface area contributed by atoms with Gasteiger partial charge in [0.2, 0.25) is 5.91 Å². The van der Waals surface area contributed by atoms with Crippen molar-refractivity contribution < 1.29 is 9.90 Å². The maximum atomic E-state index is 12.6. The molecule has 0 saturated carbocycles. The molecule has 1 unspecified atom stereocenters. The number of nitrogens with zero attached hydrogens (tertiary/aromatic N) is 4. The molecule has 2 saturated heterocycles. The van der Waals surface area contributed by atoms with Crippen molar-refractivity contribution in [3.63, 3.8) is 0 Å². The molecule has 2 fully saturated rings. The van der Waals surface area contributed by atoms with E-state index in [4.69, 9.17) is 0 Å². The normalized spacial score (nSPS) is 22.4. The fourth-order valence-corrected chi connectivity index (χ4v) is 3.94. The average Bonchev–Trinajstić information content (AvgIpc) is 3.11. The van der Waals surface area contributed by atoms with Crippen LogP contribution >= 0.6 is 0 Å². The van der Waals surface area contributed by atoms with E-state index >= 15 is 0 Å². The van der Waals surface area contributed by atoms with Gasteiger partial charge in [-0.3, -0.25) is 9.69 Å². The van der Waals surface area contributed by atoms with Crippen molar-refractivity contribution in [1.82, 2.24) is 14.8 Å². The van der Waals surface area contributed by atoms with Gasteiger partial charge in [-0.2, -0.15) is 0 Å². The second kappa shape index (κ2) is 7.70. The van der Waals surface area contributed by atoms with Gasteiger partial charge in [0.15, 0.2) is 0 Å². The molecule has 2 aliphatic heterocycles. The molecule has 0 spiro atoms. The molecule has 1 aromatic heterocycles. The molecule has 138 valence electrons. The van der Waals surface area contributed by atoms with Crippen LogP contribution in [0.3, 0.4) is 0 Å². The summed E-state index contributed by atoms with van der Waals surface area (Å²) in [6.07, 6.45) is 4.26. The van der Waals surface area contributed by atoms with Crippen LogP contribution in [0, 0.1) is 0 Å². The van der Waals surface area contributed by atoms with Crippen LogP contribution in [0.5, 0.6) is 0 Å². The summed E-state index contributed by atoms with van der Waals surface area (Å²) >= 11 is 0. The molecule has 6 heteroatoms. The van der Waals surface area contributed by atoms with Gasteiger partial charge in [-0.15, -0.1) is 0 Å². The predicted molar refractivity (Wildman–Crippen MR) is 98.5 cm³/mol. The van der Waals surface area contributed by atoms with Crippen molar-refractivity contribution in [1.29, 1.82) is 0 Å². The van der Waals surface area contributed by atoms with Crippen molar-refractivity contribution in [2.24, 2.45) is 0 Å². The Bertz CT molecular complexity index is 565. The Labute approximate surface area is 150 Å². The summed E-state index contributed by atoms with van der Waals surface area (Å²) in [5.74, 6) is 1.21. The molecule has 2 aliphatic rings. The lowest BCUT2D eigenvalue weighted by molar-refractivity contribution is -0.137. The van der Waals surface area contributed by atoms with E-state index in [0.717, 1.165) is 57.9 Å². The van der Waals surface area contributed by atoms with Gasteiger partial charge in [-0.25, -0.2) is 4.98 Å². The van der Waals surface area contributed by atoms with Crippen LogP contribution in [0.2, 0.25) is 0 Å². The number of carbonyl (C=O) groups excluding carboxylic acids is 1. The van der Waals surface area contributed by atoms with E-state index in [1.165, 1.54) is 0 Å². The Morgan fingerprint density at radius 1 is 1.24 bits per heavy atom. The lowest BCUT2D eigenvalue weighted by Crippen LogP contribution is -2.50. The molecule has 6 nitrogen and oxygen atoms in total. The van der Waals surface area contributed by atoms with E-state index in [1.807, 2.05) is 29.3 Å². The zero-order valence-corrected chi connectivity index (χ0v) is 15.4. The first kappa shape index (κ1) is 18.1. The van der Waals surface area contributed by atoms with Crippen LogP contribution in [0.1, 0.15) is 33.1 Å². The zero-order chi connectivity index (χ0) is 17.9. The van der Waals surface area contributed by atoms with E-state index in [1.54, 1.807) is 13.8 Å². The van der Waals surface area contributed by atoms with Crippen LogP contribution in [0.25, 0.3) is 0 Å². The minimum absolute atomic E-state index is 0.0407. The highest BCUT2D eigenvalue weighted by Crippen LogP contribution is 2.27. The first-order valence-electron chi connectivity index (χ1n) is 9.35. The molecule has 0 bridgehead atoms. The first-order valence-corrected chi connectivity index (χ1v) is 9.35. The largest absolute Gasteiger partial charge is 0.388 e. The van der Waals surface area contributed by atoms with E-state index < -0.39 is 5.60 Å². The number of pyridine rings is 1. The highest BCUT2D eigenvalue weighted by atomic mass is 16.3. The monoisotopic (exact) mass is 346 g/mol. The smallest absolute Gasteiger partial charge is 0.224 e. The zero-order valence-electron chi connectivity index (χ0n) is 15.4. The molecule has 0 radical (unpaired) electrons. The topological polar surface area (TPSA) is 59.9 Å². The maximum absolute atomic E-state index is 12.6. The molecule has 1 aromatic rings. The standard InChI is InChI=1S/C19H30N4O2/c1-19(2,25)16-6-5-10-23(16)18(24)8-11-21-12-14-22(15-13-21)17-7-3-4-9-20-17/h3-4,7,9,16,25H,5-6,8,10-15H2,1-2H3. The van der Waals surface area contributed by atoms with E-state index in [2.05, 4.69) is 14.8 Å². The number of aromatic nitrogens is 1. The number of anilines is 1. The summed E-state index contributed by atoms with van der Waals surface area (Å²) in [6.45, 7) is 8.99. The summed E-state index contributed by atoms with van der Waals surface area (Å²) in [7, 11) is 0. The van der Waals surface area contributed by atoms with Gasteiger partial charge >= 0.3 is 0 Å². The summed E-state index contributed by atoms with van der Waals surface area (Å²) in [6, 6.07) is 5.96. The minimum Gasteiger partial charge on any atom is -0.388 e. The number of rotatable bonds is 5. The van der Waals surface area contributed by atoms with Crippen LogP contribution in [0.4, 0.5) is 5.82 Å². The van der Waals surface area contributed by atoms with Gasteiger partial charge in [0, 0.05) is 51.9 Å². The van der Waals surface area contributed by atoms with Gasteiger partial charge in [0.1, 0.15) is 5.82 Å². The second-order valence-corrected chi connectivity index (χ2v) is 7.67. The maximum Gasteiger partial charge on any atom is 0.224 e. The highest BCUT2D eigenvalue weighted by Gasteiger charge is 2.38. The Morgan fingerprint density at radius 2 is 2.00 bits per heavy atom. The second-order valence-electron chi connectivity index (χ2n) is 7.67. The third-order valence-electron chi connectivity index (χ3n) is 5.38. The summed E-state index contributed by atoms with van der Waals surface area (Å²) < 4.78 is 0. The lowest BCUT2D eigenvalue weighted by atomic mass is 9.96. The number of likely N-dealkylation sites (tertiary alicyclic amines) is 1. The van der Waals surface area contributed by atoms with Crippen LogP contribution in [0.15, 0.2) is 24.4 Å². The van der Waals surface area contributed by atoms with Gasteiger partial charge in [0.25, 0.3) is 0 Å². The molecular formula is C19H30N4O2. The van der Waals surface area contributed by atoms with Crippen molar-refractivity contribution in [3.8, 4) is 0 Å². The summed E-state index contributed by atoms with van der Waals surface area (Å²) in [5, 5.41) is 10.3. The molecular weight excluding hydrogens is 316 g/mol. The molecule has 0 aliphatic carbocycles. The average molecular weight is 346 g/mol. The van der Waals surface area contributed by atoms with E-state index in [-0.39, 0.29) is 11.9 Å². The fourth-order valence-electron chi connectivity index (χ4n) is 3.94. The Hall–Kier alpha value is -1.66. The number of piperazine rings is 1. The Morgan fingerprint density at radius 3 is 2.64 bits per heavy atom. The van der Waals surface area contributed by atoms with Gasteiger partial charge in [-0.1, -0.05) is 6.07 Å². The van der Waals surface area contributed by atoms with E-state index in [9.17, 15) is 9.90 Å². The summed E-state index contributed by atoms with van der Waals surface area (Å²) in [4.78, 5) is 23.5. The van der Waals surface area contributed by atoms with Crippen molar-refractivity contribution in [2.75, 3.05) is 44.2 Å². The van der Waals surface area contributed by atoms with Crippen molar-refractivity contribution in [3.05, 3.63) is 24.4 Å². The first-order chi connectivity index (χ1) is 11.9. The molecule has 1 N–H and O–H groups in total. The molecule has 3 rings (SSSR count). The van der Waals surface area contributed by atoms with Gasteiger partial charge in [-0.05, 0) is 38.8 Å². The SMILES string of the molecule is CC(C)(O)C1CCCN1C(=O)CCN1CCN(c2ccccn2)CC1. The summed E-state index contributed by atoms with van der Waals surface area (Å²) in [5.41, 5.74) is -0.819. The fraction of sp³-hybridized carbons (Fsp3) is 0.684. The highest BCUT2D eigenvalue weighted by molar-refractivity contribution is 5.77. The number of carbonyl (C=O) groups is 1. The third kappa shape index (κ3) is 4.50. The van der Waals surface area contributed by atoms with Gasteiger partial charge in [0.05, 0.1) is 11.6 Å². The van der Waals surface area contributed by atoms with E-state index in [0.29, 0.717) is 6.42 Å². The molecule has 1 atom stereocenters. The van der Waals surface area contributed by atoms with Crippen LogP contribution in [-0.4, -0.2) is 76.7 Å². The number of hydrogen-bond acceptors (Lipinski definition) is 5. The van der Waals surface area contributed by atoms with Crippen LogP contribution in [-0.2, 0) is 4.79 Å². The molecule has 25 heavy (non-hydrogen) atoms. The van der Waals surface area contributed by atoms with Crippen LogP contribution < -0.4 is 4.90 Å². The number of amides is 1. The number of hydrogen-bond donors (Lipinski definition) is 1. The minimum atomic E-state index is -0.819. The van der Waals surface area contributed by atoms with Crippen molar-refractivity contribution in [2.45, 2.75) is 44.8 Å².